The highest BCUT2D eigenvalue weighted by molar-refractivity contribution is 5.93. The molecule has 2 N–H and O–H groups in total. The van der Waals surface area contributed by atoms with Gasteiger partial charge in [0.1, 0.15) is 11.5 Å². The van der Waals surface area contributed by atoms with Gasteiger partial charge < -0.3 is 10.0 Å². The largest absolute Gasteiger partial charge is 0.394 e. The Morgan fingerprint density at radius 1 is 1.32 bits per heavy atom. The zero-order valence-electron chi connectivity index (χ0n) is 13.3. The van der Waals surface area contributed by atoms with Gasteiger partial charge in [0.25, 0.3) is 5.91 Å². The lowest BCUT2D eigenvalue weighted by Gasteiger charge is -2.14. The first-order valence-electron chi connectivity index (χ1n) is 7.91. The van der Waals surface area contributed by atoms with E-state index in [4.69, 9.17) is 5.11 Å². The van der Waals surface area contributed by atoms with Crippen molar-refractivity contribution >= 4 is 5.91 Å². The fourth-order valence-electron chi connectivity index (χ4n) is 3.05. The second kappa shape index (κ2) is 6.14. The second-order valence-electron chi connectivity index (χ2n) is 5.87. The maximum absolute atomic E-state index is 13.9. The summed E-state index contributed by atoms with van der Waals surface area (Å²) in [6.07, 6.45) is 1.72. The minimum absolute atomic E-state index is 0.00534. The summed E-state index contributed by atoms with van der Waals surface area (Å²) < 4.78 is 15.6. The summed E-state index contributed by atoms with van der Waals surface area (Å²) >= 11 is 0. The Morgan fingerprint density at radius 2 is 2.16 bits per heavy atom. The fraction of sp³-hybridized carbons (Fsp3) is 0.235. The van der Waals surface area contributed by atoms with Crippen molar-refractivity contribution in [1.82, 2.24) is 24.9 Å². The van der Waals surface area contributed by atoms with E-state index in [1.54, 1.807) is 40.0 Å². The average Bonchev–Trinajstić information content (AvgIpc) is 3.32. The van der Waals surface area contributed by atoms with Gasteiger partial charge in [0.15, 0.2) is 0 Å². The number of aromatic nitrogens is 4. The van der Waals surface area contributed by atoms with Crippen LogP contribution in [0.1, 0.15) is 21.7 Å². The number of aromatic amines is 1. The maximum Gasteiger partial charge on any atom is 0.272 e. The van der Waals surface area contributed by atoms with E-state index in [0.717, 1.165) is 11.3 Å². The van der Waals surface area contributed by atoms with Gasteiger partial charge in [0, 0.05) is 17.7 Å². The number of amides is 1. The number of nitrogens with zero attached hydrogens (tertiary/aromatic N) is 4. The molecule has 0 unspecified atom stereocenters. The number of carbonyl (C=O) groups excluding carboxylic acids is 1. The van der Waals surface area contributed by atoms with Crippen LogP contribution in [0, 0.1) is 5.82 Å². The SMILES string of the molecule is O=C(c1cc(-c2ccccc2F)n[nH]1)N1Cc2cnn(CCO)c2C1. The van der Waals surface area contributed by atoms with E-state index >= 15 is 0 Å². The van der Waals surface area contributed by atoms with E-state index in [-0.39, 0.29) is 18.3 Å². The number of fused-ring (bicyclic) bond motifs is 1. The summed E-state index contributed by atoms with van der Waals surface area (Å²) in [5.74, 6) is -0.590. The van der Waals surface area contributed by atoms with Crippen LogP contribution in [0.5, 0.6) is 0 Å². The van der Waals surface area contributed by atoms with Crippen LogP contribution in [0.2, 0.25) is 0 Å². The first-order valence-corrected chi connectivity index (χ1v) is 7.91. The monoisotopic (exact) mass is 341 g/mol. The first kappa shape index (κ1) is 15.5. The van der Waals surface area contributed by atoms with Crippen LogP contribution in [0.15, 0.2) is 36.5 Å². The Morgan fingerprint density at radius 3 is 2.96 bits per heavy atom. The molecule has 1 aromatic carbocycles. The van der Waals surface area contributed by atoms with E-state index in [9.17, 15) is 9.18 Å². The minimum Gasteiger partial charge on any atom is -0.394 e. The van der Waals surface area contributed by atoms with E-state index < -0.39 is 0 Å². The summed E-state index contributed by atoms with van der Waals surface area (Å²) in [7, 11) is 0. The van der Waals surface area contributed by atoms with Crippen molar-refractivity contribution in [2.24, 2.45) is 0 Å². The third-order valence-electron chi connectivity index (χ3n) is 4.29. The molecule has 4 rings (SSSR count). The number of hydrogen-bond acceptors (Lipinski definition) is 4. The number of carbonyl (C=O) groups is 1. The lowest BCUT2D eigenvalue weighted by Crippen LogP contribution is -2.26. The van der Waals surface area contributed by atoms with Gasteiger partial charge in [0.05, 0.1) is 37.3 Å². The highest BCUT2D eigenvalue weighted by Gasteiger charge is 2.28. The molecule has 3 aromatic rings. The number of hydrogen-bond donors (Lipinski definition) is 2. The van der Waals surface area contributed by atoms with Gasteiger partial charge in [-0.05, 0) is 18.2 Å². The molecule has 0 aliphatic carbocycles. The van der Waals surface area contributed by atoms with Crippen molar-refractivity contribution in [2.75, 3.05) is 6.61 Å². The topological polar surface area (TPSA) is 87.0 Å². The van der Waals surface area contributed by atoms with E-state index in [1.165, 1.54) is 6.07 Å². The van der Waals surface area contributed by atoms with Gasteiger partial charge in [-0.2, -0.15) is 10.2 Å². The fourth-order valence-corrected chi connectivity index (χ4v) is 3.05. The molecule has 0 saturated heterocycles. The summed E-state index contributed by atoms with van der Waals surface area (Å²) in [6, 6.07) is 7.86. The average molecular weight is 341 g/mol. The minimum atomic E-state index is -0.384. The van der Waals surface area contributed by atoms with Gasteiger partial charge in [0.2, 0.25) is 0 Å². The summed E-state index contributed by atoms with van der Waals surface area (Å²) in [5.41, 5.74) is 2.95. The first-order chi connectivity index (χ1) is 12.2. The molecule has 1 aliphatic heterocycles. The van der Waals surface area contributed by atoms with Crippen LogP contribution in [0.4, 0.5) is 4.39 Å². The van der Waals surface area contributed by atoms with Crippen LogP contribution < -0.4 is 0 Å². The zero-order valence-corrected chi connectivity index (χ0v) is 13.3. The molecular weight excluding hydrogens is 325 g/mol. The smallest absolute Gasteiger partial charge is 0.272 e. The Hall–Kier alpha value is -3.00. The number of benzene rings is 1. The van der Waals surface area contributed by atoms with Crippen molar-refractivity contribution in [3.05, 3.63) is 59.3 Å². The molecule has 1 aliphatic rings. The van der Waals surface area contributed by atoms with Crippen molar-refractivity contribution in [2.45, 2.75) is 19.6 Å². The third kappa shape index (κ3) is 2.70. The molecule has 0 bridgehead atoms. The van der Waals surface area contributed by atoms with Crippen LogP contribution >= 0.6 is 0 Å². The summed E-state index contributed by atoms with van der Waals surface area (Å²) in [6.45, 7) is 1.27. The van der Waals surface area contributed by atoms with E-state index in [1.807, 2.05) is 0 Å². The number of rotatable bonds is 4. The molecule has 25 heavy (non-hydrogen) atoms. The van der Waals surface area contributed by atoms with Crippen LogP contribution in [0.25, 0.3) is 11.3 Å². The van der Waals surface area contributed by atoms with Crippen molar-refractivity contribution in [1.29, 1.82) is 0 Å². The van der Waals surface area contributed by atoms with Crippen LogP contribution in [-0.4, -0.2) is 42.5 Å². The molecule has 0 saturated carbocycles. The maximum atomic E-state index is 13.9. The predicted molar refractivity (Wildman–Crippen MR) is 86.9 cm³/mol. The number of nitrogens with one attached hydrogen (secondary N) is 1. The van der Waals surface area contributed by atoms with Gasteiger partial charge in [-0.1, -0.05) is 12.1 Å². The summed E-state index contributed by atoms with van der Waals surface area (Å²) in [4.78, 5) is 14.4. The van der Waals surface area contributed by atoms with Gasteiger partial charge in [-0.3, -0.25) is 14.6 Å². The molecule has 128 valence electrons. The molecule has 3 heterocycles. The van der Waals surface area contributed by atoms with Gasteiger partial charge >= 0.3 is 0 Å². The quantitative estimate of drug-likeness (QED) is 0.754. The Kier molecular flexibility index (Phi) is 3.81. The second-order valence-corrected chi connectivity index (χ2v) is 5.87. The lowest BCUT2D eigenvalue weighted by atomic mass is 10.1. The standard InChI is InChI=1S/C17H16FN5O2/c18-13-4-2-1-3-12(13)14-7-15(21-20-14)17(25)22-9-11-8-19-23(5-6-24)16(11)10-22/h1-4,7-8,24H,5-6,9-10H2,(H,20,21). The number of H-pyrrole nitrogens is 1. The van der Waals surface area contributed by atoms with Crippen LogP contribution in [0.3, 0.4) is 0 Å². The molecular formula is C17H16FN5O2. The van der Waals surface area contributed by atoms with Crippen molar-refractivity contribution in [3.63, 3.8) is 0 Å². The molecule has 0 radical (unpaired) electrons. The number of halogens is 1. The molecule has 0 fully saturated rings. The summed E-state index contributed by atoms with van der Waals surface area (Å²) in [5, 5.41) is 20.0. The zero-order chi connectivity index (χ0) is 17.4. The Balaban J connectivity index is 1.54. The van der Waals surface area contributed by atoms with Crippen molar-refractivity contribution < 1.29 is 14.3 Å². The number of aliphatic hydroxyl groups excluding tert-OH is 1. The van der Waals surface area contributed by atoms with Gasteiger partial charge in [-0.15, -0.1) is 0 Å². The molecule has 2 aromatic heterocycles. The predicted octanol–water partition coefficient (Wildman–Crippen LogP) is 1.56. The van der Waals surface area contributed by atoms with Gasteiger partial charge in [-0.25, -0.2) is 4.39 Å². The third-order valence-corrected chi connectivity index (χ3v) is 4.29. The highest BCUT2D eigenvalue weighted by atomic mass is 19.1. The lowest BCUT2D eigenvalue weighted by molar-refractivity contribution is 0.0741. The normalized spacial score (nSPS) is 13.3. The molecule has 0 spiro atoms. The molecule has 7 nitrogen and oxygen atoms in total. The Labute approximate surface area is 142 Å². The van der Waals surface area contributed by atoms with E-state index in [0.29, 0.717) is 36.6 Å². The molecule has 0 atom stereocenters. The molecule has 1 amide bonds. The van der Waals surface area contributed by atoms with E-state index in [2.05, 4.69) is 15.3 Å². The highest BCUT2D eigenvalue weighted by Crippen LogP contribution is 2.26. The van der Waals surface area contributed by atoms with Crippen molar-refractivity contribution in [3.8, 4) is 11.3 Å². The van der Waals surface area contributed by atoms with Crippen LogP contribution in [-0.2, 0) is 19.6 Å². The molecule has 8 heteroatoms. The Bertz CT molecular complexity index is 933. The number of aliphatic hydroxyl groups is 1.